The zero-order valence-electron chi connectivity index (χ0n) is 21.3. The van der Waals surface area contributed by atoms with Crippen molar-refractivity contribution in [1.29, 1.82) is 0 Å². The van der Waals surface area contributed by atoms with Crippen molar-refractivity contribution in [1.82, 2.24) is 4.90 Å². The topological polar surface area (TPSA) is 62.3 Å². The summed E-state index contributed by atoms with van der Waals surface area (Å²) in [7, 11) is 0. The van der Waals surface area contributed by atoms with Gasteiger partial charge in [-0.3, -0.25) is 9.69 Å². The number of likely N-dealkylation sites (tertiary alicyclic amines) is 1. The highest BCUT2D eigenvalue weighted by atomic mass is 19.4. The zero-order chi connectivity index (χ0) is 29.2. The summed E-state index contributed by atoms with van der Waals surface area (Å²) >= 11 is 0. The average Bonchev–Trinajstić information content (AvgIpc) is 2.88. The number of hydrogen-bond acceptors (Lipinski definition) is 6. The summed E-state index contributed by atoms with van der Waals surface area (Å²) < 4.78 is 99.4. The van der Waals surface area contributed by atoms with Gasteiger partial charge in [0.15, 0.2) is 0 Å². The molecular formula is C26H26F7N3O4. The zero-order valence-corrected chi connectivity index (χ0v) is 21.3. The van der Waals surface area contributed by atoms with Gasteiger partial charge in [-0.1, -0.05) is 6.07 Å². The van der Waals surface area contributed by atoms with Gasteiger partial charge in [0.1, 0.15) is 18.1 Å². The van der Waals surface area contributed by atoms with Gasteiger partial charge in [-0.15, -0.1) is 0 Å². The molecule has 0 N–H and O–H groups in total. The van der Waals surface area contributed by atoms with Crippen molar-refractivity contribution in [2.24, 2.45) is 0 Å². The number of carbonyl (C=O) groups is 2. The van der Waals surface area contributed by atoms with Crippen LogP contribution >= 0.6 is 0 Å². The van der Waals surface area contributed by atoms with E-state index in [0.29, 0.717) is 49.4 Å². The monoisotopic (exact) mass is 577 g/mol. The predicted octanol–water partition coefficient (Wildman–Crippen LogP) is 5.74. The highest BCUT2D eigenvalue weighted by molar-refractivity contribution is 6.13. The Balaban J connectivity index is 1.54. The number of hydrogen-bond donors (Lipinski definition) is 0. The Kier molecular flexibility index (Phi) is 8.47. The van der Waals surface area contributed by atoms with Crippen molar-refractivity contribution < 1.29 is 49.9 Å². The summed E-state index contributed by atoms with van der Waals surface area (Å²) in [6.07, 6.45) is -10.8. The molecule has 218 valence electrons. The number of rotatable bonds is 7. The minimum Gasteiger partial charge on any atom is -0.494 e. The number of amides is 1. The predicted molar refractivity (Wildman–Crippen MR) is 129 cm³/mol. The van der Waals surface area contributed by atoms with E-state index in [0.717, 1.165) is 30.0 Å². The molecule has 0 saturated carbocycles. The summed E-state index contributed by atoms with van der Waals surface area (Å²) in [5, 5.41) is 0.342. The molecule has 2 unspecified atom stereocenters. The molecule has 14 heteroatoms. The summed E-state index contributed by atoms with van der Waals surface area (Å²) in [6, 6.07) is 8.09. The number of alkyl halides is 7. The fraction of sp³-hybridized carbons (Fsp3) is 0.462. The first-order valence-corrected chi connectivity index (χ1v) is 12.5. The molecule has 40 heavy (non-hydrogen) atoms. The van der Waals surface area contributed by atoms with E-state index in [-0.39, 0.29) is 5.69 Å². The van der Waals surface area contributed by atoms with Crippen molar-refractivity contribution >= 4 is 23.3 Å². The first kappa shape index (κ1) is 29.4. The number of anilines is 2. The van der Waals surface area contributed by atoms with Crippen LogP contribution in [-0.2, 0) is 15.8 Å². The number of piperidine rings is 1. The Morgan fingerprint density at radius 3 is 2.38 bits per heavy atom. The lowest BCUT2D eigenvalue weighted by atomic mass is 9.99. The standard InChI is InChI=1S/C26H26F7N3O4/c1-16-35(18-8-10-19(11-9-18)39-14-4-13-34-12-3-5-17(27)15-34)23(37)22-20(25(28,29)30)6-2-7-21(22)36(16)40-24(38)26(31,32)33/h2,6-11,16-17H,3-5,12-15H2,1H3. The van der Waals surface area contributed by atoms with Crippen LogP contribution in [0.15, 0.2) is 42.5 Å². The maximum Gasteiger partial charge on any atom is 0.493 e. The first-order chi connectivity index (χ1) is 18.8. The highest BCUT2D eigenvalue weighted by Gasteiger charge is 2.48. The van der Waals surface area contributed by atoms with Gasteiger partial charge in [0.2, 0.25) is 0 Å². The number of fused-ring (bicyclic) bond motifs is 1. The third-order valence-electron chi connectivity index (χ3n) is 6.59. The van der Waals surface area contributed by atoms with Gasteiger partial charge in [-0.25, -0.2) is 9.18 Å². The molecule has 0 aromatic heterocycles. The average molecular weight is 577 g/mol. The molecule has 0 aliphatic carbocycles. The summed E-state index contributed by atoms with van der Waals surface area (Å²) in [6.45, 7) is 3.34. The molecule has 2 aliphatic rings. The van der Waals surface area contributed by atoms with E-state index < -0.39 is 53.4 Å². The third-order valence-corrected chi connectivity index (χ3v) is 6.59. The van der Waals surface area contributed by atoms with Gasteiger partial charge >= 0.3 is 18.3 Å². The largest absolute Gasteiger partial charge is 0.494 e. The Labute approximate surface area is 225 Å². The molecule has 2 aromatic carbocycles. The second-order valence-electron chi connectivity index (χ2n) is 9.44. The number of nitrogens with zero attached hydrogens (tertiary/aromatic N) is 3. The van der Waals surface area contributed by atoms with Gasteiger partial charge in [-0.2, -0.15) is 31.4 Å². The van der Waals surface area contributed by atoms with Crippen molar-refractivity contribution in [2.45, 2.75) is 50.9 Å². The molecule has 2 aliphatic heterocycles. The van der Waals surface area contributed by atoms with E-state index in [1.54, 1.807) is 0 Å². The van der Waals surface area contributed by atoms with Crippen LogP contribution in [0.25, 0.3) is 0 Å². The molecule has 0 radical (unpaired) electrons. The lowest BCUT2D eigenvalue weighted by Crippen LogP contribution is -2.56. The molecule has 7 nitrogen and oxygen atoms in total. The van der Waals surface area contributed by atoms with Gasteiger partial charge in [0, 0.05) is 18.8 Å². The summed E-state index contributed by atoms with van der Waals surface area (Å²) in [4.78, 5) is 32.3. The van der Waals surface area contributed by atoms with Crippen molar-refractivity contribution in [3.05, 3.63) is 53.6 Å². The Hall–Kier alpha value is -3.55. The molecule has 0 spiro atoms. The fourth-order valence-corrected chi connectivity index (χ4v) is 4.76. The molecule has 2 atom stereocenters. The second-order valence-corrected chi connectivity index (χ2v) is 9.44. The highest BCUT2D eigenvalue weighted by Crippen LogP contribution is 2.42. The lowest BCUT2D eigenvalue weighted by Gasteiger charge is -2.42. The fourth-order valence-electron chi connectivity index (χ4n) is 4.76. The molecule has 1 amide bonds. The van der Waals surface area contributed by atoms with Crippen LogP contribution in [0.2, 0.25) is 0 Å². The number of benzene rings is 2. The van der Waals surface area contributed by atoms with Gasteiger partial charge in [-0.05, 0) is 69.1 Å². The van der Waals surface area contributed by atoms with E-state index in [4.69, 9.17) is 4.74 Å². The van der Waals surface area contributed by atoms with Crippen LogP contribution in [-0.4, -0.2) is 61.5 Å². The quantitative estimate of drug-likeness (QED) is 0.309. The van der Waals surface area contributed by atoms with Crippen LogP contribution in [0.4, 0.5) is 42.1 Å². The van der Waals surface area contributed by atoms with E-state index >= 15 is 0 Å². The maximum atomic E-state index is 13.8. The molecule has 1 fully saturated rings. The normalized spacial score (nSPS) is 20.4. The van der Waals surface area contributed by atoms with Gasteiger partial charge in [0.05, 0.1) is 23.4 Å². The number of carbonyl (C=O) groups excluding carboxylic acids is 2. The smallest absolute Gasteiger partial charge is 0.493 e. The second kappa shape index (κ2) is 11.5. The summed E-state index contributed by atoms with van der Waals surface area (Å²) in [5.41, 5.74) is -2.96. The van der Waals surface area contributed by atoms with Crippen molar-refractivity contribution in [3.8, 4) is 5.75 Å². The number of hydroxylamine groups is 1. The molecule has 4 rings (SSSR count). The number of halogens is 7. The lowest BCUT2D eigenvalue weighted by molar-refractivity contribution is -0.202. The first-order valence-electron chi connectivity index (χ1n) is 12.5. The van der Waals surface area contributed by atoms with E-state index in [2.05, 4.69) is 4.84 Å². The molecule has 1 saturated heterocycles. The van der Waals surface area contributed by atoms with Crippen LogP contribution in [0.1, 0.15) is 42.1 Å². The van der Waals surface area contributed by atoms with Crippen LogP contribution < -0.4 is 14.7 Å². The molecule has 2 heterocycles. The third kappa shape index (κ3) is 6.43. The molecular weight excluding hydrogens is 551 g/mol. The van der Waals surface area contributed by atoms with E-state index in [1.165, 1.54) is 31.2 Å². The maximum absolute atomic E-state index is 13.8. The van der Waals surface area contributed by atoms with E-state index in [9.17, 15) is 40.3 Å². The molecule has 2 aromatic rings. The minimum atomic E-state index is -5.44. The van der Waals surface area contributed by atoms with Crippen molar-refractivity contribution in [2.75, 3.05) is 36.2 Å². The number of ether oxygens (including phenoxy) is 1. The van der Waals surface area contributed by atoms with Crippen LogP contribution in [0, 0.1) is 0 Å². The molecule has 0 bridgehead atoms. The van der Waals surface area contributed by atoms with Crippen LogP contribution in [0.5, 0.6) is 5.75 Å². The van der Waals surface area contributed by atoms with Crippen LogP contribution in [0.3, 0.4) is 0 Å². The van der Waals surface area contributed by atoms with Crippen molar-refractivity contribution in [3.63, 3.8) is 0 Å². The van der Waals surface area contributed by atoms with Gasteiger partial charge in [0.25, 0.3) is 5.91 Å². The summed E-state index contributed by atoms with van der Waals surface area (Å²) in [5.74, 6) is -3.43. The minimum absolute atomic E-state index is 0.0304. The SMILES string of the molecule is CC1N(OC(=O)C(F)(F)F)c2cccc(C(F)(F)F)c2C(=O)N1c1ccc(OCCCN2CCCC(F)C2)cc1. The Bertz CT molecular complexity index is 1220. The van der Waals surface area contributed by atoms with E-state index in [1.807, 2.05) is 4.90 Å². The van der Waals surface area contributed by atoms with Gasteiger partial charge < -0.3 is 14.5 Å². The Morgan fingerprint density at radius 2 is 1.75 bits per heavy atom. The Morgan fingerprint density at radius 1 is 1.05 bits per heavy atom.